The van der Waals surface area contributed by atoms with Gasteiger partial charge >= 0.3 is 0 Å². The minimum atomic E-state index is -0.398. The Bertz CT molecular complexity index is 171. The van der Waals surface area contributed by atoms with E-state index in [1.165, 1.54) is 6.20 Å². The van der Waals surface area contributed by atoms with Gasteiger partial charge in [0.1, 0.15) is 5.82 Å². The fraction of sp³-hybridized carbons (Fsp3) is 0. The predicted octanol–water partition coefficient (Wildman–Crippen LogP) is 0.203. The Morgan fingerprint density at radius 1 is 1.50 bits per heavy atom. The summed E-state index contributed by atoms with van der Waals surface area (Å²) in [6.07, 6.45) is 2.43. The predicted molar refractivity (Wildman–Crippen MR) is 26.6 cm³/mol. The molecule has 0 saturated heterocycles. The topological polar surface area (TPSA) is 71.7 Å². The highest BCUT2D eigenvalue weighted by Crippen LogP contribution is 2.01. The number of nitrogens with two attached hydrogens (primary N) is 1. The van der Waals surface area contributed by atoms with Crippen molar-refractivity contribution in [2.24, 2.45) is 0 Å². The van der Waals surface area contributed by atoms with E-state index in [4.69, 9.17) is 5.73 Å². The minimum Gasteiger partial charge on any atom is -0.382 e. The van der Waals surface area contributed by atoms with E-state index in [1.54, 1.807) is 0 Å². The van der Waals surface area contributed by atoms with E-state index in [0.717, 1.165) is 6.20 Å². The average molecular weight is 110 g/mol. The van der Waals surface area contributed by atoms with Crippen LogP contribution < -0.4 is 5.73 Å². The van der Waals surface area contributed by atoms with Gasteiger partial charge in [-0.25, -0.2) is 0 Å². The van der Waals surface area contributed by atoms with E-state index < -0.39 is 5.88 Å². The lowest BCUT2D eigenvalue weighted by Crippen LogP contribution is -1.88. The van der Waals surface area contributed by atoms with Gasteiger partial charge in [-0.1, -0.05) is 0 Å². The van der Waals surface area contributed by atoms with Crippen LogP contribution >= 0.6 is 0 Å². The molecule has 0 bridgehead atoms. The molecular formula is C4H4N3O. The third-order valence-electron chi connectivity index (χ3n) is 0.631. The first-order valence-corrected chi connectivity index (χ1v) is 2.03. The first-order chi connectivity index (χ1) is 3.79. The molecule has 0 aromatic carbocycles. The van der Waals surface area contributed by atoms with Crippen molar-refractivity contribution in [2.75, 3.05) is 5.73 Å². The molecule has 0 spiro atoms. The van der Waals surface area contributed by atoms with Crippen molar-refractivity contribution in [1.82, 2.24) is 9.97 Å². The van der Waals surface area contributed by atoms with Crippen molar-refractivity contribution < 1.29 is 5.11 Å². The second kappa shape index (κ2) is 1.65. The maximum atomic E-state index is 10.2. The molecule has 0 aliphatic carbocycles. The first kappa shape index (κ1) is 4.83. The number of hydrogen-bond acceptors (Lipinski definition) is 3. The lowest BCUT2D eigenvalue weighted by Gasteiger charge is -1.85. The van der Waals surface area contributed by atoms with Crippen LogP contribution in [-0.4, -0.2) is 9.97 Å². The summed E-state index contributed by atoms with van der Waals surface area (Å²) >= 11 is 0. The van der Waals surface area contributed by atoms with Crippen LogP contribution in [0.15, 0.2) is 12.4 Å². The van der Waals surface area contributed by atoms with Gasteiger partial charge in [-0.15, -0.1) is 0 Å². The van der Waals surface area contributed by atoms with Gasteiger partial charge in [0.2, 0.25) is 0 Å². The minimum absolute atomic E-state index is 0.164. The van der Waals surface area contributed by atoms with E-state index in [1.807, 2.05) is 0 Å². The molecular weight excluding hydrogens is 106 g/mol. The Balaban J connectivity index is 3.08. The fourth-order valence-electron chi connectivity index (χ4n) is 0.362. The Morgan fingerprint density at radius 2 is 2.25 bits per heavy atom. The summed E-state index contributed by atoms with van der Waals surface area (Å²) in [4.78, 5) is 6.82. The molecule has 0 amide bonds. The first-order valence-electron chi connectivity index (χ1n) is 2.03. The van der Waals surface area contributed by atoms with Gasteiger partial charge in [0.25, 0.3) is 5.88 Å². The number of nitrogens with zero attached hydrogens (tertiary/aromatic N) is 2. The van der Waals surface area contributed by atoms with Crippen LogP contribution in [0, 0.1) is 0 Å². The summed E-state index contributed by atoms with van der Waals surface area (Å²) in [5.41, 5.74) is 5.08. The molecule has 41 valence electrons. The number of rotatable bonds is 0. The van der Waals surface area contributed by atoms with E-state index >= 15 is 0 Å². The zero-order valence-electron chi connectivity index (χ0n) is 4.03. The van der Waals surface area contributed by atoms with Crippen molar-refractivity contribution in [2.45, 2.75) is 0 Å². The highest BCUT2D eigenvalue weighted by molar-refractivity contribution is 5.25. The van der Waals surface area contributed by atoms with E-state index in [-0.39, 0.29) is 5.82 Å². The third kappa shape index (κ3) is 0.841. The molecule has 4 nitrogen and oxygen atoms in total. The van der Waals surface area contributed by atoms with Crippen LogP contribution in [-0.2, 0) is 5.11 Å². The summed E-state index contributed by atoms with van der Waals surface area (Å²) in [5, 5.41) is 10.2. The van der Waals surface area contributed by atoms with Crippen LogP contribution in [0.1, 0.15) is 0 Å². The van der Waals surface area contributed by atoms with Crippen molar-refractivity contribution in [1.29, 1.82) is 0 Å². The standard InChI is InChI=1S/C4H4N3O/c5-3-1-6-2-4(8)7-3/h1-2H,(H2,5,7). The maximum absolute atomic E-state index is 10.2. The number of nitrogen functional groups attached to an aromatic ring is 1. The van der Waals surface area contributed by atoms with Crippen LogP contribution in [0.4, 0.5) is 5.82 Å². The summed E-state index contributed by atoms with van der Waals surface area (Å²) in [6, 6.07) is 0. The highest BCUT2D eigenvalue weighted by Gasteiger charge is 1.89. The normalized spacial score (nSPS) is 9.00. The molecule has 1 aromatic rings. The van der Waals surface area contributed by atoms with Crippen LogP contribution in [0.3, 0.4) is 0 Å². The second-order valence-corrected chi connectivity index (χ2v) is 1.28. The summed E-state index contributed by atoms with van der Waals surface area (Å²) < 4.78 is 0. The maximum Gasteiger partial charge on any atom is 0.290 e. The van der Waals surface area contributed by atoms with E-state index in [9.17, 15) is 5.11 Å². The van der Waals surface area contributed by atoms with Gasteiger partial charge in [0.05, 0.1) is 12.4 Å². The molecule has 4 heteroatoms. The van der Waals surface area contributed by atoms with Crippen molar-refractivity contribution in [3.8, 4) is 5.88 Å². The van der Waals surface area contributed by atoms with Gasteiger partial charge in [0, 0.05) is 0 Å². The fourth-order valence-corrected chi connectivity index (χ4v) is 0.362. The lowest BCUT2D eigenvalue weighted by atomic mass is 10.7. The quantitative estimate of drug-likeness (QED) is 0.518. The molecule has 1 radical (unpaired) electrons. The van der Waals surface area contributed by atoms with Crippen molar-refractivity contribution >= 4 is 5.82 Å². The van der Waals surface area contributed by atoms with Crippen molar-refractivity contribution in [3.63, 3.8) is 0 Å². The third-order valence-corrected chi connectivity index (χ3v) is 0.631. The Kier molecular flexibility index (Phi) is 0.997. The SMILES string of the molecule is Nc1cncc([O])n1. The molecule has 1 aromatic heterocycles. The summed E-state index contributed by atoms with van der Waals surface area (Å²) in [7, 11) is 0. The summed E-state index contributed by atoms with van der Waals surface area (Å²) in [6.45, 7) is 0. The zero-order valence-corrected chi connectivity index (χ0v) is 4.03. The van der Waals surface area contributed by atoms with Crippen molar-refractivity contribution in [3.05, 3.63) is 12.4 Å². The van der Waals surface area contributed by atoms with Gasteiger partial charge in [-0.3, -0.25) is 10.1 Å². The monoisotopic (exact) mass is 110 g/mol. The summed E-state index contributed by atoms with van der Waals surface area (Å²) in [5.74, 6) is -0.234. The molecule has 0 aliphatic rings. The molecule has 0 unspecified atom stereocenters. The van der Waals surface area contributed by atoms with Gasteiger partial charge in [0.15, 0.2) is 0 Å². The molecule has 2 N–H and O–H groups in total. The number of hydrogen-bond donors (Lipinski definition) is 1. The Hall–Kier alpha value is -1.32. The number of aromatic nitrogens is 2. The smallest absolute Gasteiger partial charge is 0.290 e. The lowest BCUT2D eigenvalue weighted by molar-refractivity contribution is 0.336. The molecule has 0 saturated carbocycles. The van der Waals surface area contributed by atoms with Gasteiger partial charge in [-0.05, 0) is 0 Å². The van der Waals surface area contributed by atoms with E-state index in [0.29, 0.717) is 0 Å². The van der Waals surface area contributed by atoms with Crippen LogP contribution in [0.25, 0.3) is 0 Å². The Morgan fingerprint density at radius 3 is 2.62 bits per heavy atom. The second-order valence-electron chi connectivity index (χ2n) is 1.28. The molecule has 1 heterocycles. The Labute approximate surface area is 46.0 Å². The van der Waals surface area contributed by atoms with E-state index in [2.05, 4.69) is 9.97 Å². The largest absolute Gasteiger partial charge is 0.382 e. The zero-order chi connectivity index (χ0) is 5.98. The van der Waals surface area contributed by atoms with Crippen LogP contribution in [0.5, 0.6) is 5.88 Å². The molecule has 1 rings (SSSR count). The molecule has 0 atom stereocenters. The highest BCUT2D eigenvalue weighted by atomic mass is 16.3. The molecule has 0 fully saturated rings. The molecule has 0 aliphatic heterocycles. The number of anilines is 1. The average Bonchev–Trinajstić information content (AvgIpc) is 1.64. The van der Waals surface area contributed by atoms with Crippen LogP contribution in [0.2, 0.25) is 0 Å². The van der Waals surface area contributed by atoms with Gasteiger partial charge in [-0.2, -0.15) is 4.98 Å². The molecule has 8 heavy (non-hydrogen) atoms. The van der Waals surface area contributed by atoms with Gasteiger partial charge < -0.3 is 5.73 Å².